The normalized spacial score (nSPS) is 12.7. The maximum atomic E-state index is 9.54. The molecule has 4 aromatic rings. The average molecular weight is 612 g/mol. The molecule has 0 amide bonds. The first-order valence-corrected chi connectivity index (χ1v) is 14.4. The van der Waals surface area contributed by atoms with E-state index in [9.17, 15) is 10.2 Å². The average Bonchev–Trinajstić information content (AvgIpc) is 2.97. The molecule has 0 radical (unpaired) electrons. The van der Waals surface area contributed by atoms with Crippen LogP contribution in [0.25, 0.3) is 33.6 Å². The van der Waals surface area contributed by atoms with Gasteiger partial charge in [0.15, 0.2) is 0 Å². The zero-order valence-electron chi connectivity index (χ0n) is 24.1. The van der Waals surface area contributed by atoms with Gasteiger partial charge in [-0.25, -0.2) is 4.98 Å². The summed E-state index contributed by atoms with van der Waals surface area (Å²) in [5, 5.41) is 26.4. The number of ether oxygens (including phenoxy) is 2. The first-order valence-electron chi connectivity index (χ1n) is 13.7. The number of benzene rings is 2. The SMILES string of the molecule is COc1cc(-c2nccc(-c3cccc(-c4ccc(CNC[C@@H](C)O)c(OC)n4)c3Cl)c2Cl)ccc1CNC[C@H](C)O. The van der Waals surface area contributed by atoms with Gasteiger partial charge in [-0.2, -0.15) is 0 Å². The molecule has 8 nitrogen and oxygen atoms in total. The van der Waals surface area contributed by atoms with Gasteiger partial charge in [-0.3, -0.25) is 4.98 Å². The van der Waals surface area contributed by atoms with Crippen LogP contribution in [0.2, 0.25) is 10.0 Å². The molecule has 222 valence electrons. The molecule has 0 unspecified atom stereocenters. The Morgan fingerprint density at radius 3 is 2.10 bits per heavy atom. The van der Waals surface area contributed by atoms with Gasteiger partial charge in [0, 0.05) is 65.8 Å². The van der Waals surface area contributed by atoms with Crippen LogP contribution in [0, 0.1) is 0 Å². The van der Waals surface area contributed by atoms with Gasteiger partial charge in [-0.1, -0.05) is 59.6 Å². The highest BCUT2D eigenvalue weighted by Crippen LogP contribution is 2.42. The van der Waals surface area contributed by atoms with E-state index in [1.807, 2.05) is 54.6 Å². The van der Waals surface area contributed by atoms with Crippen LogP contribution in [-0.4, -0.2) is 59.7 Å². The quantitative estimate of drug-likeness (QED) is 0.152. The molecule has 0 fully saturated rings. The van der Waals surface area contributed by atoms with E-state index in [1.165, 1.54) is 0 Å². The van der Waals surface area contributed by atoms with E-state index in [4.69, 9.17) is 37.7 Å². The third-order valence-corrected chi connectivity index (χ3v) is 7.45. The van der Waals surface area contributed by atoms with E-state index >= 15 is 0 Å². The Morgan fingerprint density at radius 1 is 0.786 bits per heavy atom. The fraction of sp³-hybridized carbons (Fsp3) is 0.312. The Hall–Kier alpha value is -3.24. The van der Waals surface area contributed by atoms with Crippen LogP contribution in [0.1, 0.15) is 25.0 Å². The zero-order valence-corrected chi connectivity index (χ0v) is 25.6. The van der Waals surface area contributed by atoms with Gasteiger partial charge in [-0.05, 0) is 32.0 Å². The van der Waals surface area contributed by atoms with E-state index < -0.39 is 12.2 Å². The molecule has 0 aliphatic carbocycles. The van der Waals surface area contributed by atoms with Crippen molar-refractivity contribution in [1.29, 1.82) is 0 Å². The van der Waals surface area contributed by atoms with Crippen molar-refractivity contribution in [2.45, 2.75) is 39.1 Å². The van der Waals surface area contributed by atoms with Crippen molar-refractivity contribution in [3.63, 3.8) is 0 Å². The summed E-state index contributed by atoms with van der Waals surface area (Å²) in [5.74, 6) is 1.17. The monoisotopic (exact) mass is 610 g/mol. The third-order valence-electron chi connectivity index (χ3n) is 6.66. The van der Waals surface area contributed by atoms with Gasteiger partial charge in [0.05, 0.1) is 47.9 Å². The fourth-order valence-corrected chi connectivity index (χ4v) is 5.24. The summed E-state index contributed by atoms with van der Waals surface area (Å²) >= 11 is 14.0. The number of rotatable bonds is 13. The Kier molecular flexibility index (Phi) is 11.2. The number of nitrogens with one attached hydrogen (secondary N) is 2. The number of halogens is 2. The van der Waals surface area contributed by atoms with E-state index in [0.29, 0.717) is 59.2 Å². The molecule has 2 heterocycles. The molecular weight excluding hydrogens is 575 g/mol. The molecule has 2 aromatic heterocycles. The predicted molar refractivity (Wildman–Crippen MR) is 168 cm³/mol. The van der Waals surface area contributed by atoms with Crippen molar-refractivity contribution in [3.05, 3.63) is 82.0 Å². The number of aliphatic hydroxyl groups excluding tert-OH is 2. The maximum Gasteiger partial charge on any atom is 0.218 e. The first-order chi connectivity index (χ1) is 20.2. The summed E-state index contributed by atoms with van der Waals surface area (Å²) in [7, 11) is 3.20. The summed E-state index contributed by atoms with van der Waals surface area (Å²) in [5.41, 5.74) is 6.11. The second-order valence-corrected chi connectivity index (χ2v) is 10.8. The molecule has 4 rings (SSSR count). The minimum absolute atomic E-state index is 0.438. The smallest absolute Gasteiger partial charge is 0.218 e. The van der Waals surface area contributed by atoms with E-state index in [0.717, 1.165) is 33.4 Å². The molecule has 4 N–H and O–H groups in total. The topological polar surface area (TPSA) is 109 Å². The van der Waals surface area contributed by atoms with Crippen molar-refractivity contribution in [3.8, 4) is 45.3 Å². The van der Waals surface area contributed by atoms with Crippen molar-refractivity contribution >= 4 is 23.2 Å². The number of nitrogens with zero attached hydrogens (tertiary/aromatic N) is 2. The van der Waals surface area contributed by atoms with Crippen molar-refractivity contribution in [1.82, 2.24) is 20.6 Å². The lowest BCUT2D eigenvalue weighted by Gasteiger charge is -2.16. The molecule has 0 saturated carbocycles. The van der Waals surface area contributed by atoms with Crippen LogP contribution >= 0.6 is 23.2 Å². The molecule has 0 spiro atoms. The lowest BCUT2D eigenvalue weighted by Crippen LogP contribution is -2.24. The van der Waals surface area contributed by atoms with E-state index in [1.54, 1.807) is 34.3 Å². The van der Waals surface area contributed by atoms with Crippen molar-refractivity contribution < 1.29 is 19.7 Å². The summed E-state index contributed by atoms with van der Waals surface area (Å²) in [6.07, 6.45) is 0.822. The molecule has 2 atom stereocenters. The highest BCUT2D eigenvalue weighted by atomic mass is 35.5. The summed E-state index contributed by atoms with van der Waals surface area (Å²) in [4.78, 5) is 9.29. The Balaban J connectivity index is 1.66. The van der Waals surface area contributed by atoms with Crippen molar-refractivity contribution in [2.75, 3.05) is 27.3 Å². The summed E-state index contributed by atoms with van der Waals surface area (Å²) in [6.45, 7) is 5.47. The van der Waals surface area contributed by atoms with E-state index in [2.05, 4.69) is 15.6 Å². The largest absolute Gasteiger partial charge is 0.496 e. The molecule has 42 heavy (non-hydrogen) atoms. The number of hydrogen-bond donors (Lipinski definition) is 4. The molecule has 2 aromatic carbocycles. The van der Waals surface area contributed by atoms with Gasteiger partial charge in [0.25, 0.3) is 0 Å². The van der Waals surface area contributed by atoms with Gasteiger partial charge >= 0.3 is 0 Å². The number of aromatic nitrogens is 2. The molecule has 0 bridgehead atoms. The molecule has 0 saturated heterocycles. The second-order valence-electron chi connectivity index (χ2n) is 10.0. The van der Waals surface area contributed by atoms with Crippen LogP contribution in [0.4, 0.5) is 0 Å². The summed E-state index contributed by atoms with van der Waals surface area (Å²) in [6, 6.07) is 17.2. The van der Waals surface area contributed by atoms with Gasteiger partial charge in [-0.15, -0.1) is 0 Å². The summed E-state index contributed by atoms with van der Waals surface area (Å²) < 4.78 is 11.2. The van der Waals surface area contributed by atoms with Gasteiger partial charge < -0.3 is 30.3 Å². The highest BCUT2D eigenvalue weighted by molar-refractivity contribution is 6.39. The molecule has 10 heteroatoms. The van der Waals surface area contributed by atoms with Crippen molar-refractivity contribution in [2.24, 2.45) is 0 Å². The number of aliphatic hydroxyl groups is 2. The lowest BCUT2D eigenvalue weighted by molar-refractivity contribution is 0.190. The van der Waals surface area contributed by atoms with Crippen LogP contribution in [-0.2, 0) is 13.1 Å². The third kappa shape index (κ3) is 7.58. The number of methoxy groups -OCH3 is 2. The lowest BCUT2D eigenvalue weighted by atomic mass is 9.99. The fourth-order valence-electron chi connectivity index (χ4n) is 4.59. The predicted octanol–water partition coefficient (Wildman–Crippen LogP) is 5.74. The van der Waals surface area contributed by atoms with Gasteiger partial charge in [0.2, 0.25) is 5.88 Å². The zero-order chi connectivity index (χ0) is 30.2. The number of hydrogen-bond acceptors (Lipinski definition) is 8. The van der Waals surface area contributed by atoms with Gasteiger partial charge in [0.1, 0.15) is 5.75 Å². The first kappa shape index (κ1) is 31.7. The van der Waals surface area contributed by atoms with Crippen LogP contribution in [0.5, 0.6) is 11.6 Å². The van der Waals surface area contributed by atoms with Crippen LogP contribution < -0.4 is 20.1 Å². The Morgan fingerprint density at radius 2 is 1.43 bits per heavy atom. The second kappa shape index (κ2) is 14.8. The highest BCUT2D eigenvalue weighted by Gasteiger charge is 2.18. The Labute approximate surface area is 256 Å². The van der Waals surface area contributed by atoms with Crippen LogP contribution in [0.15, 0.2) is 60.8 Å². The minimum Gasteiger partial charge on any atom is -0.496 e. The van der Waals surface area contributed by atoms with E-state index in [-0.39, 0.29) is 0 Å². The minimum atomic E-state index is -0.449. The van der Waals surface area contributed by atoms with Crippen LogP contribution in [0.3, 0.4) is 0 Å². The molecular formula is C32H36Cl2N4O4. The Bertz CT molecular complexity index is 1400. The number of pyridine rings is 2. The molecule has 0 aliphatic heterocycles. The maximum absolute atomic E-state index is 9.54. The molecule has 0 aliphatic rings. The standard InChI is InChI=1S/C32H36Cl2N4O4/c1-19(39)15-35-17-22-9-8-21(14-28(22)41-3)31-30(34)25(12-13-37-31)24-6-5-7-26(29(24)33)27-11-10-23(32(38-27)42-4)18-36-16-20(2)40/h5-14,19-20,35-36,39-40H,15-18H2,1-4H3/t19-,20+/m0/s1.